The van der Waals surface area contributed by atoms with Crippen molar-refractivity contribution in [1.82, 2.24) is 4.90 Å². The normalized spacial score (nSPS) is 39.2. The molecule has 2 rings (SSSR count). The molecular weight excluding hydrogens is 188 g/mol. The van der Waals surface area contributed by atoms with Gasteiger partial charge >= 0.3 is 0 Å². The molecule has 0 aromatic heterocycles. The largest absolute Gasteiger partial charge is 0.376 e. The van der Waals surface area contributed by atoms with Crippen LogP contribution in [0.25, 0.3) is 0 Å². The van der Waals surface area contributed by atoms with Crippen LogP contribution >= 0.6 is 0 Å². The summed E-state index contributed by atoms with van der Waals surface area (Å²) in [5.41, 5.74) is 6.17. The van der Waals surface area contributed by atoms with E-state index in [1.54, 1.807) is 0 Å². The molecule has 3 nitrogen and oxygen atoms in total. The van der Waals surface area contributed by atoms with E-state index in [0.29, 0.717) is 12.1 Å². The highest BCUT2D eigenvalue weighted by Gasteiger charge is 2.26. The van der Waals surface area contributed by atoms with Crippen LogP contribution in [0.4, 0.5) is 0 Å². The number of hydrogen-bond acceptors (Lipinski definition) is 3. The fraction of sp³-hybridized carbons (Fsp3) is 1.00. The Morgan fingerprint density at radius 2 is 2.13 bits per heavy atom. The Kier molecular flexibility index (Phi) is 4.00. The minimum absolute atomic E-state index is 0.401. The second kappa shape index (κ2) is 5.28. The molecule has 0 amide bonds. The van der Waals surface area contributed by atoms with Crippen LogP contribution in [0, 0.1) is 5.92 Å². The number of morpholine rings is 1. The van der Waals surface area contributed by atoms with Crippen molar-refractivity contribution in [3.05, 3.63) is 0 Å². The van der Waals surface area contributed by atoms with Crippen LogP contribution in [-0.4, -0.2) is 43.3 Å². The molecule has 0 aromatic rings. The van der Waals surface area contributed by atoms with E-state index in [0.717, 1.165) is 25.6 Å². The van der Waals surface area contributed by atoms with E-state index in [-0.39, 0.29) is 0 Å². The van der Waals surface area contributed by atoms with Gasteiger partial charge in [-0.3, -0.25) is 4.90 Å². The molecule has 2 fully saturated rings. The molecule has 15 heavy (non-hydrogen) atoms. The molecule has 2 aliphatic rings. The van der Waals surface area contributed by atoms with Gasteiger partial charge in [0.2, 0.25) is 0 Å². The summed E-state index contributed by atoms with van der Waals surface area (Å²) in [7, 11) is 0. The fourth-order valence-electron chi connectivity index (χ4n) is 2.85. The minimum Gasteiger partial charge on any atom is -0.376 e. The summed E-state index contributed by atoms with van der Waals surface area (Å²) in [6.45, 7) is 6.42. The van der Waals surface area contributed by atoms with Gasteiger partial charge in [-0.15, -0.1) is 0 Å². The first-order valence-electron chi connectivity index (χ1n) is 6.35. The maximum Gasteiger partial charge on any atom is 0.0674 e. The number of ether oxygens (including phenoxy) is 1. The lowest BCUT2D eigenvalue weighted by molar-refractivity contribution is -0.0257. The monoisotopic (exact) mass is 212 g/mol. The molecule has 1 saturated heterocycles. The fourth-order valence-corrected chi connectivity index (χ4v) is 2.85. The summed E-state index contributed by atoms with van der Waals surface area (Å²) in [5.74, 6) is 0.726. The first-order chi connectivity index (χ1) is 7.25. The Hall–Kier alpha value is -0.120. The Balaban J connectivity index is 1.79. The number of nitrogens with two attached hydrogens (primary N) is 1. The summed E-state index contributed by atoms with van der Waals surface area (Å²) in [6, 6.07) is 0.442. The summed E-state index contributed by atoms with van der Waals surface area (Å²) < 4.78 is 5.55. The number of hydrogen-bond donors (Lipinski definition) is 1. The zero-order valence-electron chi connectivity index (χ0n) is 9.82. The minimum atomic E-state index is 0.401. The van der Waals surface area contributed by atoms with E-state index < -0.39 is 0 Å². The molecule has 0 aromatic carbocycles. The molecule has 1 heterocycles. The van der Waals surface area contributed by atoms with Crippen molar-refractivity contribution in [2.24, 2.45) is 11.7 Å². The highest BCUT2D eigenvalue weighted by Crippen LogP contribution is 2.24. The van der Waals surface area contributed by atoms with Gasteiger partial charge in [0.05, 0.1) is 12.7 Å². The summed E-state index contributed by atoms with van der Waals surface area (Å²) >= 11 is 0. The van der Waals surface area contributed by atoms with Gasteiger partial charge in [-0.2, -0.15) is 0 Å². The molecule has 1 aliphatic carbocycles. The highest BCUT2D eigenvalue weighted by molar-refractivity contribution is 4.81. The molecule has 3 unspecified atom stereocenters. The van der Waals surface area contributed by atoms with Crippen molar-refractivity contribution in [3.63, 3.8) is 0 Å². The maximum absolute atomic E-state index is 6.17. The number of rotatable bonds is 2. The standard InChI is InChI=1S/C12H24N2O/c1-10-8-14(6-7-15-10)9-11-4-2-3-5-12(11)13/h10-12H,2-9,13H2,1H3. The van der Waals surface area contributed by atoms with Crippen molar-refractivity contribution in [2.75, 3.05) is 26.2 Å². The molecule has 88 valence electrons. The first kappa shape index (κ1) is 11.4. The van der Waals surface area contributed by atoms with Crippen LogP contribution in [0.3, 0.4) is 0 Å². The van der Waals surface area contributed by atoms with Gasteiger partial charge < -0.3 is 10.5 Å². The summed E-state index contributed by atoms with van der Waals surface area (Å²) in [6.07, 6.45) is 5.66. The third-order valence-electron chi connectivity index (χ3n) is 3.79. The summed E-state index contributed by atoms with van der Waals surface area (Å²) in [4.78, 5) is 2.53. The second-order valence-corrected chi connectivity index (χ2v) is 5.15. The van der Waals surface area contributed by atoms with Crippen molar-refractivity contribution in [3.8, 4) is 0 Å². The zero-order chi connectivity index (χ0) is 10.7. The van der Waals surface area contributed by atoms with Gasteiger partial charge in [0.25, 0.3) is 0 Å². The van der Waals surface area contributed by atoms with Crippen molar-refractivity contribution < 1.29 is 4.74 Å². The van der Waals surface area contributed by atoms with Gasteiger partial charge in [0.15, 0.2) is 0 Å². The Labute approximate surface area is 93.0 Å². The van der Waals surface area contributed by atoms with E-state index in [4.69, 9.17) is 10.5 Å². The highest BCUT2D eigenvalue weighted by atomic mass is 16.5. The molecule has 0 bridgehead atoms. The van der Waals surface area contributed by atoms with E-state index in [9.17, 15) is 0 Å². The topological polar surface area (TPSA) is 38.5 Å². The maximum atomic E-state index is 6.17. The Morgan fingerprint density at radius 3 is 2.87 bits per heavy atom. The Bertz CT molecular complexity index is 198. The third kappa shape index (κ3) is 3.16. The second-order valence-electron chi connectivity index (χ2n) is 5.15. The SMILES string of the molecule is CC1CN(CC2CCCCC2N)CCO1. The van der Waals surface area contributed by atoms with E-state index >= 15 is 0 Å². The van der Waals surface area contributed by atoms with Gasteiger partial charge in [-0.1, -0.05) is 12.8 Å². The predicted octanol–water partition coefficient (Wildman–Crippen LogP) is 1.22. The molecule has 1 saturated carbocycles. The molecule has 0 spiro atoms. The van der Waals surface area contributed by atoms with E-state index in [2.05, 4.69) is 11.8 Å². The number of nitrogens with zero attached hydrogens (tertiary/aromatic N) is 1. The first-order valence-corrected chi connectivity index (χ1v) is 6.35. The average Bonchev–Trinajstić information content (AvgIpc) is 2.22. The van der Waals surface area contributed by atoms with Crippen molar-refractivity contribution >= 4 is 0 Å². The van der Waals surface area contributed by atoms with Gasteiger partial charge in [-0.25, -0.2) is 0 Å². The van der Waals surface area contributed by atoms with Gasteiger partial charge in [0, 0.05) is 25.7 Å². The molecular formula is C12H24N2O. The molecule has 3 heteroatoms. The quantitative estimate of drug-likeness (QED) is 0.748. The average molecular weight is 212 g/mol. The van der Waals surface area contributed by atoms with Gasteiger partial charge in [0.1, 0.15) is 0 Å². The van der Waals surface area contributed by atoms with Crippen LogP contribution in [-0.2, 0) is 4.74 Å². The van der Waals surface area contributed by atoms with E-state index in [1.807, 2.05) is 0 Å². The lowest BCUT2D eigenvalue weighted by Crippen LogP contribution is -2.47. The van der Waals surface area contributed by atoms with Crippen molar-refractivity contribution in [2.45, 2.75) is 44.8 Å². The summed E-state index contributed by atoms with van der Waals surface area (Å²) in [5, 5.41) is 0. The smallest absolute Gasteiger partial charge is 0.0674 e. The van der Waals surface area contributed by atoms with Gasteiger partial charge in [-0.05, 0) is 25.7 Å². The zero-order valence-corrected chi connectivity index (χ0v) is 9.82. The lowest BCUT2D eigenvalue weighted by atomic mass is 9.84. The van der Waals surface area contributed by atoms with E-state index in [1.165, 1.54) is 32.2 Å². The van der Waals surface area contributed by atoms with Crippen LogP contribution in [0.2, 0.25) is 0 Å². The third-order valence-corrected chi connectivity index (χ3v) is 3.79. The molecule has 0 radical (unpaired) electrons. The molecule has 3 atom stereocenters. The Morgan fingerprint density at radius 1 is 1.33 bits per heavy atom. The molecule has 2 N–H and O–H groups in total. The van der Waals surface area contributed by atoms with Crippen LogP contribution in [0.15, 0.2) is 0 Å². The van der Waals surface area contributed by atoms with Crippen molar-refractivity contribution in [1.29, 1.82) is 0 Å². The van der Waals surface area contributed by atoms with Crippen LogP contribution < -0.4 is 5.73 Å². The van der Waals surface area contributed by atoms with Crippen LogP contribution in [0.1, 0.15) is 32.6 Å². The predicted molar refractivity (Wildman–Crippen MR) is 61.8 cm³/mol. The molecule has 1 aliphatic heterocycles. The van der Waals surface area contributed by atoms with Crippen LogP contribution in [0.5, 0.6) is 0 Å². The lowest BCUT2D eigenvalue weighted by Gasteiger charge is -2.37.